The zero-order valence-electron chi connectivity index (χ0n) is 12.3. The lowest BCUT2D eigenvalue weighted by atomic mass is 9.96. The molecule has 0 saturated carbocycles. The number of amides is 1. The maximum atomic E-state index is 11.8. The molecule has 114 valence electrons. The predicted octanol–water partition coefficient (Wildman–Crippen LogP) is 1.27. The molecule has 0 bridgehead atoms. The van der Waals surface area contributed by atoms with Gasteiger partial charge in [-0.15, -0.1) is 0 Å². The van der Waals surface area contributed by atoms with Gasteiger partial charge in [0.15, 0.2) is 0 Å². The fourth-order valence-corrected chi connectivity index (χ4v) is 2.91. The average molecular weight is 290 g/mol. The Morgan fingerprint density at radius 1 is 1.33 bits per heavy atom. The summed E-state index contributed by atoms with van der Waals surface area (Å²) in [6, 6.07) is 7.64. The van der Waals surface area contributed by atoms with Crippen molar-refractivity contribution in [1.82, 2.24) is 10.2 Å². The van der Waals surface area contributed by atoms with Gasteiger partial charge in [0, 0.05) is 20.1 Å². The number of carboxylic acid groups (broad SMARTS) is 1. The van der Waals surface area contributed by atoms with Gasteiger partial charge >= 0.3 is 5.97 Å². The largest absolute Gasteiger partial charge is 0.481 e. The highest BCUT2D eigenvalue weighted by Crippen LogP contribution is 2.20. The van der Waals surface area contributed by atoms with Crippen LogP contribution in [0.1, 0.15) is 24.0 Å². The number of carbonyl (C=O) groups excluding carboxylic acids is 1. The van der Waals surface area contributed by atoms with Crippen molar-refractivity contribution in [3.05, 3.63) is 35.4 Å². The highest BCUT2D eigenvalue weighted by molar-refractivity contribution is 5.78. The molecule has 1 fully saturated rings. The molecule has 1 atom stereocenters. The summed E-state index contributed by atoms with van der Waals surface area (Å²) in [5.41, 5.74) is 1.89. The number of hydrogen-bond acceptors (Lipinski definition) is 3. The molecule has 1 aromatic rings. The first kappa shape index (κ1) is 15.5. The van der Waals surface area contributed by atoms with Crippen LogP contribution in [0.4, 0.5) is 0 Å². The number of piperidine rings is 1. The number of hydrogen-bond donors (Lipinski definition) is 2. The number of rotatable bonds is 5. The van der Waals surface area contributed by atoms with Crippen LogP contribution in [-0.2, 0) is 22.6 Å². The predicted molar refractivity (Wildman–Crippen MR) is 79.8 cm³/mol. The van der Waals surface area contributed by atoms with Crippen LogP contribution in [0, 0.1) is 5.92 Å². The number of carboxylic acids is 1. The summed E-state index contributed by atoms with van der Waals surface area (Å²) in [6.45, 7) is 2.40. The van der Waals surface area contributed by atoms with Crippen LogP contribution >= 0.6 is 0 Å². The maximum absolute atomic E-state index is 11.8. The fourth-order valence-electron chi connectivity index (χ4n) is 2.91. The average Bonchev–Trinajstić information content (AvgIpc) is 2.48. The minimum absolute atomic E-state index is 0.0374. The number of benzene rings is 1. The first-order chi connectivity index (χ1) is 10.1. The number of likely N-dealkylation sites (tertiary alicyclic amines) is 1. The van der Waals surface area contributed by atoms with Crippen molar-refractivity contribution in [3.63, 3.8) is 0 Å². The Morgan fingerprint density at radius 3 is 2.71 bits per heavy atom. The standard InChI is InChI=1S/C16H22N2O3/c1-17-16(21)14-7-4-8-18(11-14)10-13-6-3-2-5-12(13)9-15(19)20/h2-3,5-6,14H,4,7-11H2,1H3,(H,17,21)(H,19,20). The summed E-state index contributed by atoms with van der Waals surface area (Å²) in [6.07, 6.45) is 1.97. The third-order valence-electron chi connectivity index (χ3n) is 3.98. The summed E-state index contributed by atoms with van der Waals surface area (Å²) in [7, 11) is 1.67. The molecule has 5 heteroatoms. The Balaban J connectivity index is 2.04. The molecule has 1 heterocycles. The highest BCUT2D eigenvalue weighted by atomic mass is 16.4. The monoisotopic (exact) mass is 290 g/mol. The molecule has 1 amide bonds. The van der Waals surface area contributed by atoms with Gasteiger partial charge in [0.05, 0.1) is 12.3 Å². The lowest BCUT2D eigenvalue weighted by Crippen LogP contribution is -2.41. The van der Waals surface area contributed by atoms with E-state index in [1.54, 1.807) is 7.05 Å². The normalized spacial score (nSPS) is 19.2. The Bertz CT molecular complexity index is 516. The lowest BCUT2D eigenvalue weighted by Gasteiger charge is -2.32. The molecule has 2 rings (SSSR count). The second-order valence-corrected chi connectivity index (χ2v) is 5.53. The van der Waals surface area contributed by atoms with Gasteiger partial charge < -0.3 is 10.4 Å². The quantitative estimate of drug-likeness (QED) is 0.857. The van der Waals surface area contributed by atoms with Crippen molar-refractivity contribution >= 4 is 11.9 Å². The van der Waals surface area contributed by atoms with E-state index in [2.05, 4.69) is 10.2 Å². The number of nitrogens with one attached hydrogen (secondary N) is 1. The van der Waals surface area contributed by atoms with Gasteiger partial charge in [-0.25, -0.2) is 0 Å². The van der Waals surface area contributed by atoms with Crippen LogP contribution in [-0.4, -0.2) is 42.0 Å². The second kappa shape index (κ2) is 7.22. The maximum Gasteiger partial charge on any atom is 0.307 e. The summed E-state index contributed by atoms with van der Waals surface area (Å²) in [5.74, 6) is -0.682. The summed E-state index contributed by atoms with van der Waals surface area (Å²) in [5, 5.41) is 11.7. The zero-order chi connectivity index (χ0) is 15.2. The van der Waals surface area contributed by atoms with Crippen LogP contribution in [0.5, 0.6) is 0 Å². The van der Waals surface area contributed by atoms with Crippen molar-refractivity contribution in [2.75, 3.05) is 20.1 Å². The van der Waals surface area contributed by atoms with Gasteiger partial charge in [0.2, 0.25) is 5.91 Å². The zero-order valence-corrected chi connectivity index (χ0v) is 12.3. The third-order valence-corrected chi connectivity index (χ3v) is 3.98. The van der Waals surface area contributed by atoms with Crippen LogP contribution in [0.2, 0.25) is 0 Å². The van der Waals surface area contributed by atoms with E-state index in [0.29, 0.717) is 6.54 Å². The van der Waals surface area contributed by atoms with E-state index in [0.717, 1.165) is 37.1 Å². The number of aliphatic carboxylic acids is 1. The molecule has 1 aliphatic heterocycles. The number of nitrogens with zero attached hydrogens (tertiary/aromatic N) is 1. The molecule has 1 aromatic carbocycles. The summed E-state index contributed by atoms with van der Waals surface area (Å²) in [4.78, 5) is 24.9. The Kier molecular flexibility index (Phi) is 5.33. The molecular weight excluding hydrogens is 268 g/mol. The molecule has 0 aromatic heterocycles. The molecule has 21 heavy (non-hydrogen) atoms. The Hall–Kier alpha value is -1.88. The van der Waals surface area contributed by atoms with Gasteiger partial charge in [-0.05, 0) is 30.5 Å². The molecule has 2 N–H and O–H groups in total. The van der Waals surface area contributed by atoms with Crippen molar-refractivity contribution < 1.29 is 14.7 Å². The molecule has 0 aliphatic carbocycles. The summed E-state index contributed by atoms with van der Waals surface area (Å²) >= 11 is 0. The van der Waals surface area contributed by atoms with Crippen molar-refractivity contribution in [2.24, 2.45) is 5.92 Å². The Morgan fingerprint density at radius 2 is 2.05 bits per heavy atom. The Labute approximate surface area is 125 Å². The van der Waals surface area contributed by atoms with Gasteiger partial charge in [-0.1, -0.05) is 24.3 Å². The first-order valence-electron chi connectivity index (χ1n) is 7.32. The molecule has 1 saturated heterocycles. The van der Waals surface area contributed by atoms with Gasteiger partial charge in [0.1, 0.15) is 0 Å². The van der Waals surface area contributed by atoms with Crippen LogP contribution in [0.3, 0.4) is 0 Å². The van der Waals surface area contributed by atoms with Gasteiger partial charge in [0.25, 0.3) is 0 Å². The smallest absolute Gasteiger partial charge is 0.307 e. The SMILES string of the molecule is CNC(=O)C1CCCN(Cc2ccccc2CC(=O)O)C1. The van der Waals surface area contributed by atoms with Crippen molar-refractivity contribution in [2.45, 2.75) is 25.8 Å². The molecule has 5 nitrogen and oxygen atoms in total. The van der Waals surface area contributed by atoms with E-state index in [-0.39, 0.29) is 18.2 Å². The minimum atomic E-state index is -0.815. The van der Waals surface area contributed by atoms with E-state index in [4.69, 9.17) is 5.11 Å². The van der Waals surface area contributed by atoms with E-state index < -0.39 is 5.97 Å². The van der Waals surface area contributed by atoms with Crippen LogP contribution < -0.4 is 5.32 Å². The lowest BCUT2D eigenvalue weighted by molar-refractivity contribution is -0.136. The van der Waals surface area contributed by atoms with E-state index in [1.165, 1.54) is 0 Å². The number of carbonyl (C=O) groups is 2. The van der Waals surface area contributed by atoms with Gasteiger partial charge in [-0.3, -0.25) is 14.5 Å². The summed E-state index contributed by atoms with van der Waals surface area (Å²) < 4.78 is 0. The minimum Gasteiger partial charge on any atom is -0.481 e. The molecular formula is C16H22N2O3. The third kappa shape index (κ3) is 4.29. The second-order valence-electron chi connectivity index (χ2n) is 5.53. The van der Waals surface area contributed by atoms with Crippen LogP contribution in [0.25, 0.3) is 0 Å². The van der Waals surface area contributed by atoms with Crippen molar-refractivity contribution in [1.29, 1.82) is 0 Å². The molecule has 0 spiro atoms. The van der Waals surface area contributed by atoms with E-state index in [1.807, 2.05) is 24.3 Å². The highest BCUT2D eigenvalue weighted by Gasteiger charge is 2.25. The topological polar surface area (TPSA) is 69.6 Å². The molecule has 0 radical (unpaired) electrons. The first-order valence-corrected chi connectivity index (χ1v) is 7.32. The molecule has 1 unspecified atom stereocenters. The molecule has 1 aliphatic rings. The fraction of sp³-hybridized carbons (Fsp3) is 0.500. The van der Waals surface area contributed by atoms with Crippen LogP contribution in [0.15, 0.2) is 24.3 Å². The van der Waals surface area contributed by atoms with Gasteiger partial charge in [-0.2, -0.15) is 0 Å². The van der Waals surface area contributed by atoms with E-state index >= 15 is 0 Å². The van der Waals surface area contributed by atoms with Crippen molar-refractivity contribution in [3.8, 4) is 0 Å². The van der Waals surface area contributed by atoms with E-state index in [9.17, 15) is 9.59 Å².